The number of benzene rings is 2. The molecule has 1 atom stereocenters. The first-order chi connectivity index (χ1) is 16.7. The Kier molecular flexibility index (Phi) is 8.27. The summed E-state index contributed by atoms with van der Waals surface area (Å²) in [6, 6.07) is 16.4. The minimum Gasteiger partial charge on any atom is -0.372 e. The summed E-state index contributed by atoms with van der Waals surface area (Å²) in [4.78, 5) is 20.7. The van der Waals surface area contributed by atoms with Gasteiger partial charge in [-0.2, -0.15) is 0 Å². The SMILES string of the molecule is CCCCCSC1=NN2C(=c3ccccc3=NC2c2ccc(N(CCC)CCC)cc2)C(=O)N1. The molecule has 0 spiro atoms. The van der Waals surface area contributed by atoms with Gasteiger partial charge in [-0.05, 0) is 43.0 Å². The lowest BCUT2D eigenvalue weighted by molar-refractivity contribution is -0.116. The van der Waals surface area contributed by atoms with E-state index in [1.54, 1.807) is 11.8 Å². The van der Waals surface area contributed by atoms with Crippen LogP contribution in [0.5, 0.6) is 0 Å². The van der Waals surface area contributed by atoms with Crippen LogP contribution >= 0.6 is 11.8 Å². The van der Waals surface area contributed by atoms with Crippen LogP contribution < -0.4 is 20.8 Å². The van der Waals surface area contributed by atoms with Crippen LogP contribution in [-0.2, 0) is 4.79 Å². The highest BCUT2D eigenvalue weighted by atomic mass is 32.2. The summed E-state index contributed by atoms with van der Waals surface area (Å²) in [7, 11) is 0. The van der Waals surface area contributed by atoms with Gasteiger partial charge in [0.1, 0.15) is 5.70 Å². The molecular formula is C27H35N5OS. The van der Waals surface area contributed by atoms with Gasteiger partial charge in [-0.1, -0.05) is 75.7 Å². The predicted octanol–water partition coefficient (Wildman–Crippen LogP) is 4.38. The maximum Gasteiger partial charge on any atom is 0.276 e. The standard InChI is InChI=1S/C27H35N5OS/c1-4-7-10-19-34-27-29-26(33)24-22-11-8-9-12-23(22)28-25(32(24)30-27)20-13-15-21(16-14-20)31(17-5-2)18-6-3/h8-9,11-16,25H,4-7,10,17-19H2,1-3H3,(H,29,30,33). The summed E-state index contributed by atoms with van der Waals surface area (Å²) in [5.41, 5.74) is 2.81. The van der Waals surface area contributed by atoms with Gasteiger partial charge in [-0.3, -0.25) is 15.1 Å². The highest BCUT2D eigenvalue weighted by molar-refractivity contribution is 8.13. The van der Waals surface area contributed by atoms with Gasteiger partial charge in [-0.15, -0.1) is 5.10 Å². The lowest BCUT2D eigenvalue weighted by atomic mass is 10.1. The molecule has 0 saturated carbocycles. The van der Waals surface area contributed by atoms with Crippen molar-refractivity contribution in [3.05, 3.63) is 64.7 Å². The quantitative estimate of drug-likeness (QED) is 0.516. The molecule has 2 aromatic carbocycles. The highest BCUT2D eigenvalue weighted by Gasteiger charge is 2.34. The molecule has 0 aromatic heterocycles. The first-order valence-corrected chi connectivity index (χ1v) is 13.5. The van der Waals surface area contributed by atoms with E-state index in [0.29, 0.717) is 10.9 Å². The number of rotatable bonds is 10. The average molecular weight is 478 g/mol. The van der Waals surface area contributed by atoms with E-state index in [0.717, 1.165) is 54.2 Å². The zero-order chi connectivity index (χ0) is 23.9. The second-order valence-electron chi connectivity index (χ2n) is 8.71. The van der Waals surface area contributed by atoms with Crippen molar-refractivity contribution in [3.8, 4) is 0 Å². The molecule has 7 heteroatoms. The number of carbonyl (C=O) groups is 1. The monoisotopic (exact) mass is 477 g/mol. The van der Waals surface area contributed by atoms with E-state index in [1.807, 2.05) is 29.3 Å². The second kappa shape index (κ2) is 11.6. The van der Waals surface area contributed by atoms with Crippen LogP contribution in [-0.4, -0.2) is 34.9 Å². The zero-order valence-corrected chi connectivity index (χ0v) is 21.3. The molecule has 0 aliphatic carbocycles. The van der Waals surface area contributed by atoms with E-state index in [9.17, 15) is 4.79 Å². The lowest BCUT2D eigenvalue weighted by Crippen LogP contribution is -2.50. The summed E-state index contributed by atoms with van der Waals surface area (Å²) < 4.78 is 0. The fourth-order valence-corrected chi connectivity index (χ4v) is 5.25. The number of nitrogens with zero attached hydrogens (tertiary/aromatic N) is 4. The lowest BCUT2D eigenvalue weighted by Gasteiger charge is -2.34. The summed E-state index contributed by atoms with van der Waals surface area (Å²) >= 11 is 1.61. The molecule has 2 aromatic rings. The number of carbonyl (C=O) groups excluding carboxylic acids is 1. The molecule has 0 radical (unpaired) electrons. The van der Waals surface area contributed by atoms with E-state index in [-0.39, 0.29) is 12.1 Å². The van der Waals surface area contributed by atoms with Crippen molar-refractivity contribution in [1.29, 1.82) is 0 Å². The van der Waals surface area contributed by atoms with Crippen LogP contribution in [0.25, 0.3) is 5.70 Å². The Morgan fingerprint density at radius 3 is 2.41 bits per heavy atom. The van der Waals surface area contributed by atoms with Crippen molar-refractivity contribution in [2.24, 2.45) is 10.1 Å². The first-order valence-electron chi connectivity index (χ1n) is 12.5. The number of hydrogen-bond donors (Lipinski definition) is 1. The molecule has 0 bridgehead atoms. The summed E-state index contributed by atoms with van der Waals surface area (Å²) in [6.45, 7) is 8.70. The molecule has 1 amide bonds. The average Bonchev–Trinajstić information content (AvgIpc) is 2.86. The van der Waals surface area contributed by atoms with E-state index in [1.165, 1.54) is 18.5 Å². The predicted molar refractivity (Wildman–Crippen MR) is 142 cm³/mol. The zero-order valence-electron chi connectivity index (χ0n) is 20.5. The second-order valence-corrected chi connectivity index (χ2v) is 9.79. The smallest absolute Gasteiger partial charge is 0.276 e. The maximum absolute atomic E-state index is 13.2. The van der Waals surface area contributed by atoms with Crippen molar-refractivity contribution in [2.45, 2.75) is 59.0 Å². The fraction of sp³-hybridized carbons (Fsp3) is 0.444. The number of unbranched alkanes of at least 4 members (excludes halogenated alkanes) is 2. The molecule has 0 saturated heterocycles. The van der Waals surface area contributed by atoms with Crippen LogP contribution in [0.2, 0.25) is 0 Å². The van der Waals surface area contributed by atoms with Crippen LogP contribution in [0.15, 0.2) is 58.6 Å². The number of fused-ring (bicyclic) bond motifs is 2. The fourth-order valence-electron chi connectivity index (χ4n) is 4.40. The van der Waals surface area contributed by atoms with Crippen molar-refractivity contribution in [3.63, 3.8) is 0 Å². The third kappa shape index (κ3) is 5.30. The minimum absolute atomic E-state index is 0.117. The van der Waals surface area contributed by atoms with Gasteiger partial charge in [0.25, 0.3) is 5.91 Å². The van der Waals surface area contributed by atoms with Crippen molar-refractivity contribution in [1.82, 2.24) is 10.3 Å². The van der Waals surface area contributed by atoms with Crippen LogP contribution in [0.3, 0.4) is 0 Å². The molecule has 1 unspecified atom stereocenters. The summed E-state index contributed by atoms with van der Waals surface area (Å²) in [5, 5.41) is 12.0. The number of hydrazone groups is 1. The van der Waals surface area contributed by atoms with E-state index in [2.05, 4.69) is 55.3 Å². The molecule has 34 heavy (non-hydrogen) atoms. The molecule has 6 nitrogen and oxygen atoms in total. The summed E-state index contributed by atoms with van der Waals surface area (Å²) in [5.74, 6) is 0.822. The Bertz CT molecular complexity index is 1140. The molecule has 4 rings (SSSR count). The van der Waals surface area contributed by atoms with E-state index >= 15 is 0 Å². The van der Waals surface area contributed by atoms with Crippen molar-refractivity contribution in [2.75, 3.05) is 23.7 Å². The van der Waals surface area contributed by atoms with E-state index < -0.39 is 0 Å². The van der Waals surface area contributed by atoms with Crippen LogP contribution in [0.4, 0.5) is 5.69 Å². The number of amides is 1. The highest BCUT2D eigenvalue weighted by Crippen LogP contribution is 2.32. The normalized spacial score (nSPS) is 16.9. The third-order valence-corrected chi connectivity index (χ3v) is 7.00. The molecule has 2 aliphatic heterocycles. The Morgan fingerprint density at radius 1 is 0.971 bits per heavy atom. The number of thioether (sulfide) groups is 1. The van der Waals surface area contributed by atoms with Crippen LogP contribution in [0.1, 0.15) is 64.6 Å². The summed E-state index contributed by atoms with van der Waals surface area (Å²) in [6.07, 6.45) is 5.32. The molecule has 2 aliphatic rings. The molecule has 0 fully saturated rings. The Labute approximate surface area is 206 Å². The van der Waals surface area contributed by atoms with E-state index in [4.69, 9.17) is 10.1 Å². The van der Waals surface area contributed by atoms with Crippen molar-refractivity contribution < 1.29 is 4.79 Å². The largest absolute Gasteiger partial charge is 0.372 e. The molecule has 1 N–H and O–H groups in total. The number of anilines is 1. The number of amidine groups is 1. The number of para-hydroxylation sites is 1. The molecule has 2 heterocycles. The number of nitrogens with one attached hydrogen (secondary N) is 1. The maximum atomic E-state index is 13.2. The first kappa shape index (κ1) is 24.3. The van der Waals surface area contributed by atoms with Gasteiger partial charge < -0.3 is 4.90 Å². The van der Waals surface area contributed by atoms with Crippen molar-refractivity contribution >= 4 is 34.2 Å². The topological polar surface area (TPSA) is 60.3 Å². The Balaban J connectivity index is 1.69. The minimum atomic E-state index is -0.373. The Morgan fingerprint density at radius 2 is 1.71 bits per heavy atom. The molecule has 180 valence electrons. The third-order valence-electron chi connectivity index (χ3n) is 6.05. The van der Waals surface area contributed by atoms with Gasteiger partial charge in [0.2, 0.25) is 0 Å². The molecular weight excluding hydrogens is 442 g/mol. The van der Waals surface area contributed by atoms with Gasteiger partial charge in [-0.25, -0.2) is 5.01 Å². The van der Waals surface area contributed by atoms with Gasteiger partial charge in [0, 0.05) is 29.7 Å². The number of hydrogen-bond acceptors (Lipinski definition) is 6. The Hall–Kier alpha value is -2.80. The van der Waals surface area contributed by atoms with Gasteiger partial charge in [0.05, 0.1) is 5.36 Å². The van der Waals surface area contributed by atoms with Gasteiger partial charge in [0.15, 0.2) is 11.3 Å². The van der Waals surface area contributed by atoms with Gasteiger partial charge >= 0.3 is 0 Å². The van der Waals surface area contributed by atoms with Crippen LogP contribution in [0, 0.1) is 0 Å².